The van der Waals surface area contributed by atoms with Crippen LogP contribution in [-0.2, 0) is 19.1 Å². The summed E-state index contributed by atoms with van der Waals surface area (Å²) in [5.74, 6) is -0.217. The van der Waals surface area contributed by atoms with Crippen LogP contribution in [0.2, 0.25) is 0 Å². The third-order valence-electron chi connectivity index (χ3n) is 3.86. The topological polar surface area (TPSA) is 52.6 Å². The zero-order chi connectivity index (χ0) is 15.6. The maximum absolute atomic E-state index is 11.9. The van der Waals surface area contributed by atoms with E-state index in [-0.39, 0.29) is 36.1 Å². The highest BCUT2D eigenvalue weighted by molar-refractivity contribution is 5.74. The molecule has 0 saturated heterocycles. The van der Waals surface area contributed by atoms with Crippen LogP contribution >= 0.6 is 0 Å². The Morgan fingerprint density at radius 1 is 0.950 bits per heavy atom. The van der Waals surface area contributed by atoms with Crippen LogP contribution in [0.1, 0.15) is 66.7 Å². The average molecular weight is 286 g/mol. The SMILES string of the molecule is CCCCC(CC(=O)OCC)(CC(=O)OCC)C(C)C. The maximum atomic E-state index is 11.9. The Balaban J connectivity index is 5.02. The number of unbranched alkanes of at least 4 members (excludes halogenated alkanes) is 1. The predicted molar refractivity (Wildman–Crippen MR) is 79.3 cm³/mol. The first-order valence-corrected chi connectivity index (χ1v) is 7.73. The van der Waals surface area contributed by atoms with E-state index in [1.807, 2.05) is 0 Å². The zero-order valence-corrected chi connectivity index (χ0v) is 13.7. The molecule has 0 rings (SSSR count). The maximum Gasteiger partial charge on any atom is 0.306 e. The van der Waals surface area contributed by atoms with E-state index >= 15 is 0 Å². The van der Waals surface area contributed by atoms with Gasteiger partial charge in [-0.1, -0.05) is 33.6 Å². The molecule has 0 bridgehead atoms. The van der Waals surface area contributed by atoms with Crippen molar-refractivity contribution in [3.05, 3.63) is 0 Å². The van der Waals surface area contributed by atoms with E-state index in [2.05, 4.69) is 20.8 Å². The fourth-order valence-electron chi connectivity index (χ4n) is 2.46. The van der Waals surface area contributed by atoms with Gasteiger partial charge in [0.05, 0.1) is 26.1 Å². The van der Waals surface area contributed by atoms with Gasteiger partial charge < -0.3 is 9.47 Å². The molecule has 0 aromatic heterocycles. The highest BCUT2D eigenvalue weighted by Crippen LogP contribution is 2.41. The molecular formula is C16H30O4. The van der Waals surface area contributed by atoms with Crippen LogP contribution in [0.5, 0.6) is 0 Å². The highest BCUT2D eigenvalue weighted by atomic mass is 16.5. The molecule has 118 valence electrons. The summed E-state index contributed by atoms with van der Waals surface area (Å²) < 4.78 is 10.2. The molecule has 0 spiro atoms. The minimum absolute atomic E-state index is 0.221. The van der Waals surface area contributed by atoms with Crippen LogP contribution in [-0.4, -0.2) is 25.2 Å². The van der Waals surface area contributed by atoms with E-state index < -0.39 is 0 Å². The summed E-state index contributed by atoms with van der Waals surface area (Å²) in [5, 5.41) is 0. The second-order valence-electron chi connectivity index (χ2n) is 5.58. The molecule has 0 atom stereocenters. The molecule has 0 aliphatic heterocycles. The van der Waals surface area contributed by atoms with Crippen molar-refractivity contribution in [2.75, 3.05) is 13.2 Å². The summed E-state index contributed by atoms with van der Waals surface area (Å²) in [5.41, 5.74) is -0.353. The van der Waals surface area contributed by atoms with Crippen molar-refractivity contribution in [2.45, 2.75) is 66.7 Å². The van der Waals surface area contributed by atoms with Crippen molar-refractivity contribution in [1.82, 2.24) is 0 Å². The lowest BCUT2D eigenvalue weighted by Gasteiger charge is -2.36. The molecule has 0 N–H and O–H groups in total. The Kier molecular flexibility index (Phi) is 9.26. The number of carbonyl (C=O) groups is 2. The highest BCUT2D eigenvalue weighted by Gasteiger charge is 2.38. The Hall–Kier alpha value is -1.06. The first-order valence-electron chi connectivity index (χ1n) is 7.73. The summed E-state index contributed by atoms with van der Waals surface area (Å²) in [4.78, 5) is 23.8. The lowest BCUT2D eigenvalue weighted by molar-refractivity contribution is -0.152. The van der Waals surface area contributed by atoms with Crippen LogP contribution in [0.4, 0.5) is 0 Å². The van der Waals surface area contributed by atoms with Crippen LogP contribution in [0, 0.1) is 11.3 Å². The third kappa shape index (κ3) is 6.40. The van der Waals surface area contributed by atoms with Gasteiger partial charge in [-0.05, 0) is 31.6 Å². The molecule has 20 heavy (non-hydrogen) atoms. The molecule has 0 fully saturated rings. The van der Waals surface area contributed by atoms with Crippen molar-refractivity contribution in [1.29, 1.82) is 0 Å². The van der Waals surface area contributed by atoms with Crippen LogP contribution in [0.15, 0.2) is 0 Å². The Morgan fingerprint density at radius 2 is 1.40 bits per heavy atom. The van der Waals surface area contributed by atoms with E-state index in [4.69, 9.17) is 9.47 Å². The number of esters is 2. The van der Waals surface area contributed by atoms with E-state index in [0.717, 1.165) is 19.3 Å². The predicted octanol–water partition coefficient (Wildman–Crippen LogP) is 3.73. The molecule has 0 aliphatic rings. The van der Waals surface area contributed by atoms with Crippen molar-refractivity contribution < 1.29 is 19.1 Å². The van der Waals surface area contributed by atoms with Crippen molar-refractivity contribution in [3.8, 4) is 0 Å². The molecule has 0 amide bonds. The number of hydrogen-bond donors (Lipinski definition) is 0. The van der Waals surface area contributed by atoms with Gasteiger partial charge in [0.1, 0.15) is 0 Å². The number of hydrogen-bond acceptors (Lipinski definition) is 4. The van der Waals surface area contributed by atoms with Gasteiger partial charge in [-0.2, -0.15) is 0 Å². The number of rotatable bonds is 10. The van der Waals surface area contributed by atoms with Crippen LogP contribution < -0.4 is 0 Å². The summed E-state index contributed by atoms with van der Waals surface area (Å²) in [6, 6.07) is 0. The van der Waals surface area contributed by atoms with Gasteiger partial charge in [0.25, 0.3) is 0 Å². The quantitative estimate of drug-likeness (QED) is 0.574. The average Bonchev–Trinajstić information content (AvgIpc) is 2.36. The molecule has 4 heteroatoms. The van der Waals surface area contributed by atoms with E-state index in [1.54, 1.807) is 13.8 Å². The molecule has 0 aromatic carbocycles. The Labute approximate surface area is 123 Å². The molecular weight excluding hydrogens is 256 g/mol. The lowest BCUT2D eigenvalue weighted by Crippen LogP contribution is -2.34. The van der Waals surface area contributed by atoms with Crippen molar-refractivity contribution in [3.63, 3.8) is 0 Å². The fraction of sp³-hybridized carbons (Fsp3) is 0.875. The normalized spacial score (nSPS) is 11.5. The van der Waals surface area contributed by atoms with Crippen LogP contribution in [0.25, 0.3) is 0 Å². The van der Waals surface area contributed by atoms with Gasteiger partial charge in [0.15, 0.2) is 0 Å². The van der Waals surface area contributed by atoms with E-state index in [9.17, 15) is 9.59 Å². The first-order chi connectivity index (χ1) is 9.41. The van der Waals surface area contributed by atoms with Gasteiger partial charge in [0.2, 0.25) is 0 Å². The summed E-state index contributed by atoms with van der Waals surface area (Å²) in [7, 11) is 0. The van der Waals surface area contributed by atoms with E-state index in [0.29, 0.717) is 13.2 Å². The van der Waals surface area contributed by atoms with Crippen molar-refractivity contribution >= 4 is 11.9 Å². The van der Waals surface area contributed by atoms with Gasteiger partial charge in [0, 0.05) is 0 Å². The summed E-state index contributed by atoms with van der Waals surface area (Å²) in [6.07, 6.45) is 3.46. The smallest absolute Gasteiger partial charge is 0.306 e. The molecule has 0 unspecified atom stereocenters. The molecule has 4 nitrogen and oxygen atoms in total. The third-order valence-corrected chi connectivity index (χ3v) is 3.86. The molecule has 0 aromatic rings. The fourth-order valence-corrected chi connectivity index (χ4v) is 2.46. The largest absolute Gasteiger partial charge is 0.466 e. The minimum Gasteiger partial charge on any atom is -0.466 e. The van der Waals surface area contributed by atoms with E-state index in [1.165, 1.54) is 0 Å². The number of ether oxygens (including phenoxy) is 2. The summed E-state index contributed by atoms with van der Waals surface area (Å²) in [6.45, 7) is 10.6. The first kappa shape index (κ1) is 18.9. The van der Waals surface area contributed by atoms with Gasteiger partial charge >= 0.3 is 11.9 Å². The lowest BCUT2D eigenvalue weighted by atomic mass is 9.68. The Bertz CT molecular complexity index is 277. The van der Waals surface area contributed by atoms with Gasteiger partial charge in [-0.3, -0.25) is 9.59 Å². The molecule has 0 heterocycles. The van der Waals surface area contributed by atoms with Gasteiger partial charge in [-0.25, -0.2) is 0 Å². The zero-order valence-electron chi connectivity index (χ0n) is 13.7. The number of carbonyl (C=O) groups excluding carboxylic acids is 2. The van der Waals surface area contributed by atoms with Gasteiger partial charge in [-0.15, -0.1) is 0 Å². The monoisotopic (exact) mass is 286 g/mol. The second-order valence-corrected chi connectivity index (χ2v) is 5.58. The Morgan fingerprint density at radius 3 is 1.70 bits per heavy atom. The van der Waals surface area contributed by atoms with Crippen LogP contribution in [0.3, 0.4) is 0 Å². The van der Waals surface area contributed by atoms with Crippen molar-refractivity contribution in [2.24, 2.45) is 11.3 Å². The minimum atomic E-state index is -0.353. The molecule has 0 saturated carbocycles. The molecule has 0 aliphatic carbocycles. The second kappa shape index (κ2) is 9.78. The summed E-state index contributed by atoms with van der Waals surface area (Å²) >= 11 is 0. The molecule has 0 radical (unpaired) electrons. The standard InChI is InChI=1S/C16H30O4/c1-6-9-10-16(13(4)5,11-14(17)19-7-2)12-15(18)20-8-3/h13H,6-12H2,1-5H3.